The summed E-state index contributed by atoms with van der Waals surface area (Å²) in [5.74, 6) is 0. The maximum Gasteiger partial charge on any atom is 0.128 e. The van der Waals surface area contributed by atoms with Crippen molar-refractivity contribution in [3.05, 3.63) is 0 Å². The highest BCUT2D eigenvalue weighted by atomic mass is 19.1. The predicted molar refractivity (Wildman–Crippen MR) is 37.2 cm³/mol. The van der Waals surface area contributed by atoms with Crippen LogP contribution in [0.4, 0.5) is 4.39 Å². The molecule has 0 aliphatic carbocycles. The average molecular weight is 134 g/mol. The Morgan fingerprint density at radius 3 is 1.78 bits per heavy atom. The number of carbonyl (C=O) groups excluding carboxylic acids is 1. The van der Waals surface area contributed by atoms with Crippen molar-refractivity contribution in [2.24, 2.45) is 5.41 Å². The van der Waals surface area contributed by atoms with Crippen LogP contribution in [0.25, 0.3) is 0 Å². The second-order valence-corrected chi connectivity index (χ2v) is 2.24. The van der Waals surface area contributed by atoms with Gasteiger partial charge < -0.3 is 4.79 Å². The molecule has 0 fully saturated rings. The normalized spacial score (nSPS) is 9.44. The molecular formula is C7H15FO. The molecule has 0 saturated heterocycles. The Hall–Kier alpha value is -0.400. The molecule has 0 atom stereocenters. The minimum Gasteiger partial charge on any atom is -0.303 e. The van der Waals surface area contributed by atoms with Crippen molar-refractivity contribution in [3.8, 4) is 0 Å². The van der Waals surface area contributed by atoms with E-state index in [0.717, 1.165) is 0 Å². The fourth-order valence-corrected chi connectivity index (χ4v) is 0.0315. The van der Waals surface area contributed by atoms with Crippen LogP contribution in [0.1, 0.15) is 27.7 Å². The summed E-state index contributed by atoms with van der Waals surface area (Å²) in [5, 5.41) is 0. The van der Waals surface area contributed by atoms with Gasteiger partial charge in [0.1, 0.15) is 13.0 Å². The zero-order valence-electron chi connectivity index (χ0n) is 6.57. The van der Waals surface area contributed by atoms with Gasteiger partial charge in [-0.25, -0.2) is 0 Å². The Kier molecular flexibility index (Phi) is 7.26. The van der Waals surface area contributed by atoms with Gasteiger partial charge in [-0.15, -0.1) is 0 Å². The van der Waals surface area contributed by atoms with E-state index in [0.29, 0.717) is 6.29 Å². The van der Waals surface area contributed by atoms with Crippen molar-refractivity contribution < 1.29 is 9.18 Å². The Morgan fingerprint density at radius 1 is 1.44 bits per heavy atom. The van der Waals surface area contributed by atoms with E-state index in [9.17, 15) is 9.18 Å². The van der Waals surface area contributed by atoms with Gasteiger partial charge >= 0.3 is 0 Å². The third-order valence-corrected chi connectivity index (χ3v) is 0.663. The highest BCUT2D eigenvalue weighted by molar-refractivity contribution is 5.57. The van der Waals surface area contributed by atoms with Crippen LogP contribution in [0, 0.1) is 5.41 Å². The quantitative estimate of drug-likeness (QED) is 0.529. The van der Waals surface area contributed by atoms with E-state index in [2.05, 4.69) is 0 Å². The lowest BCUT2D eigenvalue weighted by atomic mass is 9.99. The fourth-order valence-electron chi connectivity index (χ4n) is 0.0315. The number of halogens is 1. The molecule has 0 aromatic rings. The smallest absolute Gasteiger partial charge is 0.128 e. The molecule has 0 bridgehead atoms. The van der Waals surface area contributed by atoms with E-state index in [1.807, 2.05) is 13.8 Å². The van der Waals surface area contributed by atoms with Gasteiger partial charge in [-0.1, -0.05) is 27.7 Å². The van der Waals surface area contributed by atoms with Crippen molar-refractivity contribution in [2.45, 2.75) is 27.7 Å². The third kappa shape index (κ3) is 7.60. The van der Waals surface area contributed by atoms with Gasteiger partial charge in [0.05, 0.1) is 0 Å². The molecule has 2 heteroatoms. The van der Waals surface area contributed by atoms with Crippen LogP contribution in [-0.2, 0) is 4.79 Å². The number of aldehydes is 1. The molecule has 0 spiro atoms. The van der Waals surface area contributed by atoms with Crippen molar-refractivity contribution in [3.63, 3.8) is 0 Å². The van der Waals surface area contributed by atoms with E-state index < -0.39 is 12.1 Å². The first-order chi connectivity index (χ1) is 4.12. The predicted octanol–water partition coefficient (Wildman–Crippen LogP) is 2.21. The number of hydrogen-bond acceptors (Lipinski definition) is 1. The molecule has 56 valence electrons. The molecule has 0 saturated carbocycles. The summed E-state index contributed by atoms with van der Waals surface area (Å²) in [6, 6.07) is 0. The fraction of sp³-hybridized carbons (Fsp3) is 0.857. The largest absolute Gasteiger partial charge is 0.303 e. The van der Waals surface area contributed by atoms with Crippen LogP contribution in [-0.4, -0.2) is 13.0 Å². The van der Waals surface area contributed by atoms with E-state index in [4.69, 9.17) is 0 Å². The number of rotatable bonds is 2. The van der Waals surface area contributed by atoms with Crippen molar-refractivity contribution >= 4 is 6.29 Å². The number of hydrogen-bond donors (Lipinski definition) is 0. The van der Waals surface area contributed by atoms with Crippen LogP contribution in [0.15, 0.2) is 0 Å². The van der Waals surface area contributed by atoms with Gasteiger partial charge in [-0.3, -0.25) is 4.39 Å². The van der Waals surface area contributed by atoms with Gasteiger partial charge in [-0.05, 0) is 0 Å². The van der Waals surface area contributed by atoms with Gasteiger partial charge in [0.25, 0.3) is 0 Å². The van der Waals surface area contributed by atoms with Crippen LogP contribution in [0.3, 0.4) is 0 Å². The molecule has 0 aliphatic rings. The minimum absolute atomic E-state index is 0.573. The van der Waals surface area contributed by atoms with Crippen LogP contribution in [0.5, 0.6) is 0 Å². The molecule has 0 radical (unpaired) electrons. The van der Waals surface area contributed by atoms with Crippen molar-refractivity contribution in [1.82, 2.24) is 0 Å². The molecule has 0 unspecified atom stereocenters. The summed E-state index contributed by atoms with van der Waals surface area (Å²) in [6.07, 6.45) is 0.618. The Morgan fingerprint density at radius 2 is 1.78 bits per heavy atom. The molecule has 9 heavy (non-hydrogen) atoms. The van der Waals surface area contributed by atoms with Gasteiger partial charge in [0.2, 0.25) is 0 Å². The van der Waals surface area contributed by atoms with Crippen LogP contribution < -0.4 is 0 Å². The Bertz CT molecular complexity index is 69.3. The van der Waals surface area contributed by atoms with Crippen molar-refractivity contribution in [1.29, 1.82) is 0 Å². The molecule has 0 aromatic carbocycles. The maximum absolute atomic E-state index is 11.5. The molecule has 0 heterocycles. The van der Waals surface area contributed by atoms with E-state index in [1.54, 1.807) is 13.8 Å². The highest BCUT2D eigenvalue weighted by Crippen LogP contribution is 2.09. The SMILES string of the molecule is CC.CC(C)(C=O)CF. The average Bonchev–Trinajstić information content (AvgIpc) is 1.93. The standard InChI is InChI=1S/C5H9FO.C2H6/c1-5(2,3-6)4-7;1-2/h4H,3H2,1-2H3;1-2H3. The lowest BCUT2D eigenvalue weighted by Crippen LogP contribution is -2.14. The monoisotopic (exact) mass is 134 g/mol. The van der Waals surface area contributed by atoms with Gasteiger partial charge in [0.15, 0.2) is 0 Å². The molecule has 0 N–H and O–H groups in total. The third-order valence-electron chi connectivity index (χ3n) is 0.663. The van der Waals surface area contributed by atoms with E-state index in [1.165, 1.54) is 0 Å². The van der Waals surface area contributed by atoms with Gasteiger partial charge in [0, 0.05) is 5.41 Å². The Balaban J connectivity index is 0. The second kappa shape index (κ2) is 5.73. The molecule has 0 aliphatic heterocycles. The zero-order chi connectivity index (χ0) is 7.91. The summed E-state index contributed by atoms with van der Waals surface area (Å²) in [4.78, 5) is 9.82. The van der Waals surface area contributed by atoms with E-state index >= 15 is 0 Å². The first kappa shape index (κ1) is 11.4. The van der Waals surface area contributed by atoms with Crippen LogP contribution >= 0.6 is 0 Å². The lowest BCUT2D eigenvalue weighted by Gasteiger charge is -2.07. The summed E-state index contributed by atoms with van der Waals surface area (Å²) in [5.41, 5.74) is -0.764. The number of carbonyl (C=O) groups is 1. The molecule has 0 amide bonds. The summed E-state index contributed by atoms with van der Waals surface area (Å²) in [7, 11) is 0. The number of alkyl halides is 1. The maximum atomic E-state index is 11.5. The summed E-state index contributed by atoms with van der Waals surface area (Å²) < 4.78 is 11.5. The minimum atomic E-state index is -0.764. The highest BCUT2D eigenvalue weighted by Gasteiger charge is 2.14. The molecule has 0 rings (SSSR count). The van der Waals surface area contributed by atoms with Crippen molar-refractivity contribution in [2.75, 3.05) is 6.67 Å². The topological polar surface area (TPSA) is 17.1 Å². The second-order valence-electron chi connectivity index (χ2n) is 2.24. The molecular weight excluding hydrogens is 119 g/mol. The first-order valence-corrected chi connectivity index (χ1v) is 3.15. The van der Waals surface area contributed by atoms with Gasteiger partial charge in [-0.2, -0.15) is 0 Å². The van der Waals surface area contributed by atoms with Crippen LogP contribution in [0.2, 0.25) is 0 Å². The summed E-state index contributed by atoms with van der Waals surface area (Å²) >= 11 is 0. The zero-order valence-corrected chi connectivity index (χ0v) is 6.57. The lowest BCUT2D eigenvalue weighted by molar-refractivity contribution is -0.115. The summed E-state index contributed by atoms with van der Waals surface area (Å²) in [6.45, 7) is 6.54. The Labute approximate surface area is 56.3 Å². The van der Waals surface area contributed by atoms with E-state index in [-0.39, 0.29) is 0 Å². The molecule has 1 nitrogen and oxygen atoms in total. The molecule has 0 aromatic heterocycles. The first-order valence-electron chi connectivity index (χ1n) is 3.15.